The van der Waals surface area contributed by atoms with Crippen LogP contribution in [0.2, 0.25) is 0 Å². The third-order valence-corrected chi connectivity index (χ3v) is 3.01. The van der Waals surface area contributed by atoms with E-state index < -0.39 is 11.9 Å². The average molecular weight is 276 g/mol. The number of pyridine rings is 1. The van der Waals surface area contributed by atoms with Gasteiger partial charge in [0.1, 0.15) is 11.6 Å². The molecule has 1 atom stereocenters. The lowest BCUT2D eigenvalue weighted by atomic mass is 9.99. The third-order valence-electron chi connectivity index (χ3n) is 3.01. The highest BCUT2D eigenvalue weighted by Crippen LogP contribution is 2.24. The second-order valence-corrected chi connectivity index (χ2v) is 5.18. The van der Waals surface area contributed by atoms with E-state index in [2.05, 4.69) is 10.3 Å². The molecule has 0 fully saturated rings. The predicted octanol–water partition coefficient (Wildman–Crippen LogP) is 3.76. The summed E-state index contributed by atoms with van der Waals surface area (Å²) in [6.45, 7) is 5.86. The van der Waals surface area contributed by atoms with E-state index in [9.17, 15) is 8.78 Å². The monoisotopic (exact) mass is 276 g/mol. The number of nitrogens with one attached hydrogen (secondary N) is 1. The zero-order valence-electron chi connectivity index (χ0n) is 11.8. The van der Waals surface area contributed by atoms with Gasteiger partial charge in [-0.05, 0) is 39.0 Å². The zero-order valence-corrected chi connectivity index (χ0v) is 11.8. The summed E-state index contributed by atoms with van der Waals surface area (Å²) >= 11 is 0. The Hall–Kier alpha value is -1.81. The molecule has 1 aromatic heterocycles. The Morgan fingerprint density at radius 1 is 1.10 bits per heavy atom. The lowest BCUT2D eigenvalue weighted by Crippen LogP contribution is -2.30. The van der Waals surface area contributed by atoms with Crippen LogP contribution in [0.3, 0.4) is 0 Å². The van der Waals surface area contributed by atoms with Crippen LogP contribution in [0.1, 0.15) is 36.7 Å². The van der Waals surface area contributed by atoms with Crippen LogP contribution in [0.15, 0.2) is 36.5 Å². The van der Waals surface area contributed by atoms with Crippen molar-refractivity contribution in [3.05, 3.63) is 65.0 Å². The van der Waals surface area contributed by atoms with Gasteiger partial charge < -0.3 is 5.32 Å². The highest BCUT2D eigenvalue weighted by Gasteiger charge is 2.20. The molecule has 0 saturated heterocycles. The second kappa shape index (κ2) is 6.09. The van der Waals surface area contributed by atoms with Crippen LogP contribution >= 0.6 is 0 Å². The fourth-order valence-electron chi connectivity index (χ4n) is 2.11. The summed E-state index contributed by atoms with van der Waals surface area (Å²) in [5, 5.41) is 3.27. The van der Waals surface area contributed by atoms with Gasteiger partial charge in [0.2, 0.25) is 0 Å². The molecule has 1 N–H and O–H groups in total. The first-order chi connectivity index (χ1) is 9.47. The number of nitrogens with zero attached hydrogens (tertiary/aromatic N) is 1. The maximum absolute atomic E-state index is 14.1. The van der Waals surface area contributed by atoms with E-state index >= 15 is 0 Å². The molecule has 0 aliphatic rings. The van der Waals surface area contributed by atoms with Crippen molar-refractivity contribution in [3.63, 3.8) is 0 Å². The van der Waals surface area contributed by atoms with Gasteiger partial charge >= 0.3 is 0 Å². The Balaban J connectivity index is 2.46. The molecule has 0 aliphatic carbocycles. The Morgan fingerprint density at radius 3 is 2.45 bits per heavy atom. The van der Waals surface area contributed by atoms with E-state index in [-0.39, 0.29) is 11.9 Å². The predicted molar refractivity (Wildman–Crippen MR) is 75.4 cm³/mol. The second-order valence-electron chi connectivity index (χ2n) is 5.18. The zero-order chi connectivity index (χ0) is 14.7. The molecule has 0 saturated carbocycles. The fourth-order valence-corrected chi connectivity index (χ4v) is 2.11. The maximum atomic E-state index is 14.1. The molecular weight excluding hydrogens is 258 g/mol. The quantitative estimate of drug-likeness (QED) is 0.919. The minimum Gasteiger partial charge on any atom is -0.303 e. The molecule has 1 unspecified atom stereocenters. The fraction of sp³-hybridized carbons (Fsp3) is 0.312. The summed E-state index contributed by atoms with van der Waals surface area (Å²) in [6.07, 6.45) is 1.15. The van der Waals surface area contributed by atoms with Gasteiger partial charge in [0.25, 0.3) is 0 Å². The molecule has 0 radical (unpaired) electrons. The van der Waals surface area contributed by atoms with Gasteiger partial charge in [-0.15, -0.1) is 0 Å². The summed E-state index contributed by atoms with van der Waals surface area (Å²) in [6, 6.07) is 7.64. The molecule has 106 valence electrons. The first kappa shape index (κ1) is 14.6. The van der Waals surface area contributed by atoms with Crippen LogP contribution in [-0.2, 0) is 0 Å². The topological polar surface area (TPSA) is 24.9 Å². The number of benzene rings is 1. The van der Waals surface area contributed by atoms with Gasteiger partial charge in [-0.25, -0.2) is 8.78 Å². The first-order valence-corrected chi connectivity index (χ1v) is 6.61. The van der Waals surface area contributed by atoms with Crippen molar-refractivity contribution < 1.29 is 8.78 Å². The van der Waals surface area contributed by atoms with E-state index in [4.69, 9.17) is 0 Å². The molecule has 4 heteroatoms. The van der Waals surface area contributed by atoms with Gasteiger partial charge in [0, 0.05) is 11.6 Å². The Bertz CT molecular complexity index is 580. The Morgan fingerprint density at radius 2 is 1.85 bits per heavy atom. The summed E-state index contributed by atoms with van der Waals surface area (Å²) in [5.74, 6) is -0.693. The van der Waals surface area contributed by atoms with Crippen molar-refractivity contribution >= 4 is 0 Å². The van der Waals surface area contributed by atoms with Crippen LogP contribution in [0, 0.1) is 18.6 Å². The summed E-state index contributed by atoms with van der Waals surface area (Å²) in [5.41, 5.74) is 2.10. The molecular formula is C16H18F2N2. The summed E-state index contributed by atoms with van der Waals surface area (Å²) in [7, 11) is 0. The lowest BCUT2D eigenvalue weighted by molar-refractivity contribution is 0.494. The van der Waals surface area contributed by atoms with Gasteiger partial charge in [-0.2, -0.15) is 0 Å². The van der Waals surface area contributed by atoms with Crippen LogP contribution in [0.25, 0.3) is 0 Å². The van der Waals surface area contributed by atoms with Crippen molar-refractivity contribution in [1.29, 1.82) is 0 Å². The maximum Gasteiger partial charge on any atom is 0.141 e. The van der Waals surface area contributed by atoms with Crippen molar-refractivity contribution in [2.75, 3.05) is 0 Å². The molecule has 1 heterocycles. The van der Waals surface area contributed by atoms with Crippen molar-refractivity contribution in [1.82, 2.24) is 10.3 Å². The molecule has 0 spiro atoms. The van der Waals surface area contributed by atoms with Gasteiger partial charge in [-0.1, -0.05) is 17.7 Å². The van der Waals surface area contributed by atoms with Crippen molar-refractivity contribution in [3.8, 4) is 0 Å². The van der Waals surface area contributed by atoms with Gasteiger partial charge in [0.05, 0.1) is 17.9 Å². The summed E-state index contributed by atoms with van der Waals surface area (Å²) in [4.78, 5) is 4.07. The highest BCUT2D eigenvalue weighted by atomic mass is 19.1. The number of aryl methyl sites for hydroxylation is 1. The minimum absolute atomic E-state index is 0.145. The SMILES string of the molecule is Cc1ccc(F)c(C(NC(C)C)c2ccc(F)cn2)c1. The molecule has 2 nitrogen and oxygen atoms in total. The lowest BCUT2D eigenvalue weighted by Gasteiger charge is -2.22. The molecule has 2 aromatic rings. The van der Waals surface area contributed by atoms with E-state index in [0.29, 0.717) is 11.3 Å². The van der Waals surface area contributed by atoms with Crippen LogP contribution < -0.4 is 5.32 Å². The van der Waals surface area contributed by atoms with E-state index in [1.807, 2.05) is 20.8 Å². The number of aromatic nitrogens is 1. The highest BCUT2D eigenvalue weighted by molar-refractivity contribution is 5.32. The van der Waals surface area contributed by atoms with Crippen molar-refractivity contribution in [2.24, 2.45) is 0 Å². The largest absolute Gasteiger partial charge is 0.303 e. The van der Waals surface area contributed by atoms with Gasteiger partial charge in [0.15, 0.2) is 0 Å². The third kappa shape index (κ3) is 3.39. The molecule has 0 amide bonds. The van der Waals surface area contributed by atoms with Crippen LogP contribution in [-0.4, -0.2) is 11.0 Å². The van der Waals surface area contributed by atoms with E-state index in [1.165, 1.54) is 12.1 Å². The van der Waals surface area contributed by atoms with E-state index in [0.717, 1.165) is 11.8 Å². The van der Waals surface area contributed by atoms with Crippen LogP contribution in [0.5, 0.6) is 0 Å². The number of hydrogen-bond acceptors (Lipinski definition) is 2. The molecule has 0 aliphatic heterocycles. The minimum atomic E-state index is -0.401. The molecule has 1 aromatic carbocycles. The van der Waals surface area contributed by atoms with Crippen molar-refractivity contribution in [2.45, 2.75) is 32.9 Å². The summed E-state index contributed by atoms with van der Waals surface area (Å²) < 4.78 is 27.1. The number of halogens is 2. The normalized spacial score (nSPS) is 12.7. The smallest absolute Gasteiger partial charge is 0.141 e. The van der Waals surface area contributed by atoms with Gasteiger partial charge in [-0.3, -0.25) is 4.98 Å². The van der Waals surface area contributed by atoms with Crippen LogP contribution in [0.4, 0.5) is 8.78 Å². The Labute approximate surface area is 117 Å². The van der Waals surface area contributed by atoms with E-state index in [1.54, 1.807) is 18.2 Å². The molecule has 2 rings (SSSR count). The average Bonchev–Trinajstić information content (AvgIpc) is 2.40. The first-order valence-electron chi connectivity index (χ1n) is 6.61. The standard InChI is InChI=1S/C16H18F2N2/c1-10(2)20-16(15-7-5-12(17)9-19-15)13-8-11(3)4-6-14(13)18/h4-10,16,20H,1-3H3. The number of hydrogen-bond donors (Lipinski definition) is 1. The Kier molecular flexibility index (Phi) is 4.45. The molecule has 20 heavy (non-hydrogen) atoms. The molecule has 0 bridgehead atoms. The number of rotatable bonds is 4.